The van der Waals surface area contributed by atoms with Gasteiger partial charge in [-0.1, -0.05) is 13.8 Å². The molecular weight excluding hydrogens is 210 g/mol. The topological polar surface area (TPSA) is 54.0 Å². The van der Waals surface area contributed by atoms with Crippen LogP contribution in [0, 0.1) is 0 Å². The fraction of sp³-hybridized carbons (Fsp3) is 0.600. The molecule has 0 unspecified atom stereocenters. The Morgan fingerprint density at radius 3 is 2.93 bits per heavy atom. The summed E-state index contributed by atoms with van der Waals surface area (Å²) in [5.74, 6) is 0.0186. The molecule has 84 valence electrons. The van der Waals surface area contributed by atoms with Gasteiger partial charge >= 0.3 is 0 Å². The first kappa shape index (κ1) is 12.0. The van der Waals surface area contributed by atoms with Crippen LogP contribution in [0.15, 0.2) is 5.38 Å². The Kier molecular flexibility index (Phi) is 5.10. The van der Waals surface area contributed by atoms with Crippen molar-refractivity contribution in [1.82, 2.24) is 10.3 Å². The van der Waals surface area contributed by atoms with Crippen LogP contribution in [0.5, 0.6) is 0 Å². The summed E-state index contributed by atoms with van der Waals surface area (Å²) in [7, 11) is 0. The van der Waals surface area contributed by atoms with Gasteiger partial charge in [0, 0.05) is 11.9 Å². The number of nitrogens with one attached hydrogen (secondary N) is 2. The highest BCUT2D eigenvalue weighted by atomic mass is 32.1. The molecule has 2 N–H and O–H groups in total. The van der Waals surface area contributed by atoms with Gasteiger partial charge in [0.15, 0.2) is 5.13 Å². The highest BCUT2D eigenvalue weighted by Gasteiger charge is 2.02. The van der Waals surface area contributed by atoms with E-state index in [1.165, 1.54) is 11.3 Å². The maximum atomic E-state index is 11.3. The minimum Gasteiger partial charge on any atom is -0.355 e. The molecule has 1 rings (SSSR count). The van der Waals surface area contributed by atoms with Gasteiger partial charge < -0.3 is 10.6 Å². The third-order valence-corrected chi connectivity index (χ3v) is 2.74. The fourth-order valence-corrected chi connectivity index (χ4v) is 1.83. The van der Waals surface area contributed by atoms with Crippen LogP contribution >= 0.6 is 11.3 Å². The van der Waals surface area contributed by atoms with Crippen molar-refractivity contribution in [3.63, 3.8) is 0 Å². The number of rotatable bonds is 6. The summed E-state index contributed by atoms with van der Waals surface area (Å²) in [6.45, 7) is 5.13. The zero-order valence-corrected chi connectivity index (χ0v) is 9.99. The average Bonchev–Trinajstić information content (AvgIpc) is 2.71. The summed E-state index contributed by atoms with van der Waals surface area (Å²) in [5.41, 5.74) is 1.07. The molecule has 0 aliphatic rings. The quantitative estimate of drug-likeness (QED) is 0.777. The van der Waals surface area contributed by atoms with E-state index in [1.807, 2.05) is 12.3 Å². The van der Waals surface area contributed by atoms with Crippen molar-refractivity contribution < 1.29 is 4.79 Å². The molecule has 5 heteroatoms. The molecule has 4 nitrogen and oxygen atoms in total. The number of thiazole rings is 1. The summed E-state index contributed by atoms with van der Waals surface area (Å²) in [5, 5.41) is 8.63. The largest absolute Gasteiger partial charge is 0.355 e. The predicted molar refractivity (Wildman–Crippen MR) is 63.3 cm³/mol. The second-order valence-corrected chi connectivity index (χ2v) is 4.06. The fourth-order valence-electron chi connectivity index (χ4n) is 1.03. The van der Waals surface area contributed by atoms with Crippen molar-refractivity contribution in [2.45, 2.75) is 26.7 Å². The molecule has 1 amide bonds. The molecular formula is C10H17N3OS. The Balaban J connectivity index is 2.27. The lowest BCUT2D eigenvalue weighted by Crippen LogP contribution is -2.30. The van der Waals surface area contributed by atoms with Crippen LogP contribution in [0.25, 0.3) is 0 Å². The number of amides is 1. The normalized spacial score (nSPS) is 10.0. The van der Waals surface area contributed by atoms with Crippen LogP contribution in [0.1, 0.15) is 26.0 Å². The molecule has 1 aromatic rings. The molecule has 0 spiro atoms. The highest BCUT2D eigenvalue weighted by Crippen LogP contribution is 2.14. The number of carbonyl (C=O) groups is 1. The van der Waals surface area contributed by atoms with E-state index in [-0.39, 0.29) is 5.91 Å². The van der Waals surface area contributed by atoms with Crippen molar-refractivity contribution in [1.29, 1.82) is 0 Å². The van der Waals surface area contributed by atoms with E-state index in [9.17, 15) is 4.79 Å². The van der Waals surface area contributed by atoms with Gasteiger partial charge in [-0.25, -0.2) is 4.98 Å². The van der Waals surface area contributed by atoms with E-state index in [4.69, 9.17) is 0 Å². The Morgan fingerprint density at radius 1 is 1.53 bits per heavy atom. The summed E-state index contributed by atoms with van der Waals surface area (Å²) < 4.78 is 0. The van der Waals surface area contributed by atoms with Gasteiger partial charge in [0.2, 0.25) is 5.91 Å². The first-order chi connectivity index (χ1) is 7.26. The van der Waals surface area contributed by atoms with Gasteiger partial charge in [-0.3, -0.25) is 4.79 Å². The van der Waals surface area contributed by atoms with Gasteiger partial charge in [0.05, 0.1) is 12.2 Å². The van der Waals surface area contributed by atoms with E-state index in [1.54, 1.807) is 0 Å². The number of hydrogen-bond acceptors (Lipinski definition) is 4. The molecule has 1 aromatic heterocycles. The van der Waals surface area contributed by atoms with Crippen molar-refractivity contribution in [3.8, 4) is 0 Å². The highest BCUT2D eigenvalue weighted by molar-refractivity contribution is 7.13. The van der Waals surface area contributed by atoms with Crippen LogP contribution in [-0.4, -0.2) is 24.0 Å². The monoisotopic (exact) mass is 227 g/mol. The lowest BCUT2D eigenvalue weighted by atomic mass is 10.4. The number of nitrogens with zero attached hydrogens (tertiary/aromatic N) is 1. The Labute approximate surface area is 94.1 Å². The van der Waals surface area contributed by atoms with Crippen molar-refractivity contribution in [2.24, 2.45) is 0 Å². The minimum absolute atomic E-state index is 0.0186. The number of aromatic nitrogens is 1. The van der Waals surface area contributed by atoms with E-state index in [0.717, 1.165) is 30.2 Å². The Bertz CT molecular complexity index is 311. The standard InChI is InChI=1S/C10H17N3OS/c1-3-5-11-9(14)6-12-10-13-8(4-2)7-15-10/h7H,3-6H2,1-2H3,(H,11,14)(H,12,13). The SMILES string of the molecule is CCCNC(=O)CNc1nc(CC)cs1. The third-order valence-electron chi connectivity index (χ3n) is 1.89. The minimum atomic E-state index is 0.0186. The summed E-state index contributed by atoms with van der Waals surface area (Å²) in [4.78, 5) is 15.6. The molecule has 1 heterocycles. The first-order valence-electron chi connectivity index (χ1n) is 5.21. The number of hydrogen-bond donors (Lipinski definition) is 2. The molecule has 0 atom stereocenters. The van der Waals surface area contributed by atoms with Crippen LogP contribution < -0.4 is 10.6 Å². The molecule has 0 saturated heterocycles. The number of carbonyl (C=O) groups excluding carboxylic acids is 1. The van der Waals surface area contributed by atoms with Gasteiger partial charge in [0.1, 0.15) is 0 Å². The second-order valence-electron chi connectivity index (χ2n) is 3.20. The Morgan fingerprint density at radius 2 is 2.33 bits per heavy atom. The van der Waals surface area contributed by atoms with Gasteiger partial charge in [-0.2, -0.15) is 0 Å². The zero-order chi connectivity index (χ0) is 11.1. The van der Waals surface area contributed by atoms with Crippen LogP contribution in [0.2, 0.25) is 0 Å². The van der Waals surface area contributed by atoms with Crippen molar-refractivity contribution >= 4 is 22.4 Å². The van der Waals surface area contributed by atoms with Crippen LogP contribution in [-0.2, 0) is 11.2 Å². The lowest BCUT2D eigenvalue weighted by molar-refractivity contribution is -0.119. The third kappa shape index (κ3) is 4.29. The van der Waals surface area contributed by atoms with E-state index >= 15 is 0 Å². The molecule has 0 bridgehead atoms. The lowest BCUT2D eigenvalue weighted by Gasteiger charge is -2.03. The van der Waals surface area contributed by atoms with Gasteiger partial charge in [0.25, 0.3) is 0 Å². The predicted octanol–water partition coefficient (Wildman–Crippen LogP) is 1.64. The molecule has 0 radical (unpaired) electrons. The number of aryl methyl sites for hydroxylation is 1. The van der Waals surface area contributed by atoms with Crippen molar-refractivity contribution in [3.05, 3.63) is 11.1 Å². The molecule has 0 aliphatic heterocycles. The molecule has 0 saturated carbocycles. The maximum Gasteiger partial charge on any atom is 0.239 e. The molecule has 0 fully saturated rings. The van der Waals surface area contributed by atoms with Crippen molar-refractivity contribution in [2.75, 3.05) is 18.4 Å². The van der Waals surface area contributed by atoms with E-state index < -0.39 is 0 Å². The molecule has 0 aromatic carbocycles. The van der Waals surface area contributed by atoms with Gasteiger partial charge in [-0.15, -0.1) is 11.3 Å². The summed E-state index contributed by atoms with van der Waals surface area (Å²) >= 11 is 1.54. The molecule has 15 heavy (non-hydrogen) atoms. The Hall–Kier alpha value is -1.10. The average molecular weight is 227 g/mol. The summed E-state index contributed by atoms with van der Waals surface area (Å²) in [6.07, 6.45) is 1.89. The van der Waals surface area contributed by atoms with E-state index in [0.29, 0.717) is 6.54 Å². The second kappa shape index (κ2) is 6.40. The molecule has 0 aliphatic carbocycles. The summed E-state index contributed by atoms with van der Waals surface area (Å²) in [6, 6.07) is 0. The first-order valence-corrected chi connectivity index (χ1v) is 6.09. The van der Waals surface area contributed by atoms with Gasteiger partial charge in [-0.05, 0) is 12.8 Å². The number of anilines is 1. The van der Waals surface area contributed by atoms with Crippen LogP contribution in [0.4, 0.5) is 5.13 Å². The smallest absolute Gasteiger partial charge is 0.239 e. The zero-order valence-electron chi connectivity index (χ0n) is 9.17. The van der Waals surface area contributed by atoms with E-state index in [2.05, 4.69) is 22.5 Å². The maximum absolute atomic E-state index is 11.3. The van der Waals surface area contributed by atoms with Crippen LogP contribution in [0.3, 0.4) is 0 Å².